The van der Waals surface area contributed by atoms with Gasteiger partial charge in [0.1, 0.15) is 18.2 Å². The molecule has 20 heavy (non-hydrogen) atoms. The second-order valence-electron chi connectivity index (χ2n) is 4.78. The highest BCUT2D eigenvalue weighted by molar-refractivity contribution is 5.84. The molecule has 1 N–H and O–H groups in total. The number of hydrogen-bond donors (Lipinski definition) is 1. The molecule has 1 rings (SSSR count). The molecule has 0 bridgehead atoms. The van der Waals surface area contributed by atoms with Crippen molar-refractivity contribution < 1.29 is 9.53 Å². The first-order valence-corrected chi connectivity index (χ1v) is 7.01. The number of carbonyl (C=O) groups is 1. The normalized spacial score (nSPS) is 12.1. The van der Waals surface area contributed by atoms with Crippen LogP contribution in [-0.2, 0) is 4.79 Å². The average Bonchev–Trinajstić information content (AvgIpc) is 2.39. The van der Waals surface area contributed by atoms with Crippen LogP contribution < -0.4 is 10.1 Å². The first-order valence-electron chi connectivity index (χ1n) is 7.01. The number of aromatic nitrogens is 2. The minimum Gasteiger partial charge on any atom is -0.475 e. The minimum absolute atomic E-state index is 0.0486. The average molecular weight is 280 g/mol. The summed E-state index contributed by atoms with van der Waals surface area (Å²) < 4.78 is 5.50. The van der Waals surface area contributed by atoms with Gasteiger partial charge in [0.2, 0.25) is 11.8 Å². The van der Waals surface area contributed by atoms with Crippen molar-refractivity contribution in [1.82, 2.24) is 14.9 Å². The van der Waals surface area contributed by atoms with Gasteiger partial charge >= 0.3 is 0 Å². The van der Waals surface area contributed by atoms with Crippen LogP contribution in [0, 0.1) is 0 Å². The molecule has 0 aliphatic heterocycles. The summed E-state index contributed by atoms with van der Waals surface area (Å²) in [7, 11) is 0. The summed E-state index contributed by atoms with van der Waals surface area (Å²) in [5.41, 5.74) is 0. The Hall–Kier alpha value is -1.85. The van der Waals surface area contributed by atoms with Crippen molar-refractivity contribution in [2.45, 2.75) is 46.8 Å². The summed E-state index contributed by atoms with van der Waals surface area (Å²) in [5, 5.41) is 3.08. The van der Waals surface area contributed by atoms with Crippen molar-refractivity contribution >= 4 is 11.7 Å². The third-order valence-electron chi connectivity index (χ3n) is 2.81. The van der Waals surface area contributed by atoms with Crippen LogP contribution >= 0.6 is 0 Å². The van der Waals surface area contributed by atoms with Crippen molar-refractivity contribution in [1.29, 1.82) is 0 Å². The summed E-state index contributed by atoms with van der Waals surface area (Å²) >= 11 is 0. The summed E-state index contributed by atoms with van der Waals surface area (Å²) in [6.07, 6.45) is 1.47. The molecular formula is C14H24N4O2. The lowest BCUT2D eigenvalue weighted by Gasteiger charge is -2.23. The minimum atomic E-state index is -0.336. The molecule has 0 saturated carbocycles. The van der Waals surface area contributed by atoms with E-state index in [1.807, 2.05) is 34.6 Å². The Kier molecular flexibility index (Phi) is 6.21. The number of hydrogen-bond acceptors (Lipinski definition) is 5. The molecule has 0 aliphatic rings. The fraction of sp³-hybridized carbons (Fsp3) is 0.643. The molecule has 1 atom stereocenters. The van der Waals surface area contributed by atoms with Crippen molar-refractivity contribution in [3.05, 3.63) is 12.4 Å². The smallest absolute Gasteiger partial charge is 0.244 e. The number of anilines is 1. The van der Waals surface area contributed by atoms with E-state index in [1.54, 1.807) is 11.0 Å². The lowest BCUT2D eigenvalue weighted by atomic mass is 10.2. The maximum absolute atomic E-state index is 12.2. The number of rotatable bonds is 7. The molecule has 0 saturated heterocycles. The van der Waals surface area contributed by atoms with Gasteiger partial charge in [0.15, 0.2) is 0 Å². The third kappa shape index (κ3) is 4.68. The van der Waals surface area contributed by atoms with E-state index in [2.05, 4.69) is 15.3 Å². The molecule has 1 aromatic rings. The standard InChI is InChI=1S/C14H24N4O2/c1-6-18(7-2)14(19)11(5)17-12-8-13(16-9-15-12)20-10(3)4/h8-11H,6-7H2,1-5H3,(H,15,16,17). The second-order valence-corrected chi connectivity index (χ2v) is 4.78. The topological polar surface area (TPSA) is 67.4 Å². The van der Waals surface area contributed by atoms with Crippen molar-refractivity contribution in [3.63, 3.8) is 0 Å². The number of nitrogens with one attached hydrogen (secondary N) is 1. The first kappa shape index (κ1) is 16.2. The Morgan fingerprint density at radius 1 is 1.30 bits per heavy atom. The van der Waals surface area contributed by atoms with E-state index in [0.29, 0.717) is 24.8 Å². The molecule has 0 spiro atoms. The largest absolute Gasteiger partial charge is 0.475 e. The van der Waals surface area contributed by atoms with E-state index < -0.39 is 0 Å². The lowest BCUT2D eigenvalue weighted by molar-refractivity contribution is -0.131. The zero-order valence-corrected chi connectivity index (χ0v) is 12.9. The molecule has 0 radical (unpaired) electrons. The van der Waals surface area contributed by atoms with Gasteiger partial charge in [-0.05, 0) is 34.6 Å². The van der Waals surface area contributed by atoms with E-state index >= 15 is 0 Å². The van der Waals surface area contributed by atoms with E-state index in [-0.39, 0.29) is 18.1 Å². The second kappa shape index (κ2) is 7.67. The van der Waals surface area contributed by atoms with Crippen LogP contribution in [-0.4, -0.2) is 46.0 Å². The Labute approximate surface area is 120 Å². The molecule has 1 amide bonds. The molecule has 0 aromatic carbocycles. The van der Waals surface area contributed by atoms with Crippen molar-refractivity contribution in [2.75, 3.05) is 18.4 Å². The van der Waals surface area contributed by atoms with Gasteiger partial charge in [-0.15, -0.1) is 0 Å². The quantitative estimate of drug-likeness (QED) is 0.826. The van der Waals surface area contributed by atoms with Gasteiger partial charge in [-0.25, -0.2) is 9.97 Å². The highest BCUT2D eigenvalue weighted by Crippen LogP contribution is 2.13. The Bertz CT molecular complexity index is 433. The van der Waals surface area contributed by atoms with Crippen LogP contribution in [0.2, 0.25) is 0 Å². The van der Waals surface area contributed by atoms with Crippen LogP contribution in [0.5, 0.6) is 5.88 Å². The maximum atomic E-state index is 12.2. The predicted octanol–water partition coefficient (Wildman–Crippen LogP) is 1.93. The molecule has 1 aromatic heterocycles. The van der Waals surface area contributed by atoms with Crippen LogP contribution in [0.25, 0.3) is 0 Å². The van der Waals surface area contributed by atoms with Crippen molar-refractivity contribution in [2.24, 2.45) is 0 Å². The SMILES string of the molecule is CCN(CC)C(=O)C(C)Nc1cc(OC(C)C)ncn1. The summed E-state index contributed by atoms with van der Waals surface area (Å²) in [5.74, 6) is 1.14. The molecule has 112 valence electrons. The zero-order valence-electron chi connectivity index (χ0n) is 12.9. The van der Waals surface area contributed by atoms with Crippen LogP contribution in [0.1, 0.15) is 34.6 Å². The zero-order chi connectivity index (χ0) is 15.1. The van der Waals surface area contributed by atoms with Gasteiger partial charge in [0.05, 0.1) is 6.10 Å². The van der Waals surface area contributed by atoms with E-state index in [0.717, 1.165) is 0 Å². The summed E-state index contributed by atoms with van der Waals surface area (Å²) in [6.45, 7) is 11.0. The molecule has 6 heteroatoms. The van der Waals surface area contributed by atoms with Gasteiger partial charge < -0.3 is 15.0 Å². The Balaban J connectivity index is 2.70. The highest BCUT2D eigenvalue weighted by Gasteiger charge is 2.18. The molecule has 1 heterocycles. The summed E-state index contributed by atoms with van der Waals surface area (Å²) in [4.78, 5) is 22.1. The number of ether oxygens (including phenoxy) is 1. The van der Waals surface area contributed by atoms with Gasteiger partial charge in [-0.2, -0.15) is 0 Å². The number of carbonyl (C=O) groups excluding carboxylic acids is 1. The van der Waals surface area contributed by atoms with E-state index in [4.69, 9.17) is 4.74 Å². The van der Waals surface area contributed by atoms with Crippen LogP contribution in [0.15, 0.2) is 12.4 Å². The van der Waals surface area contributed by atoms with Gasteiger partial charge in [-0.3, -0.25) is 4.79 Å². The summed E-state index contributed by atoms with van der Waals surface area (Å²) in [6, 6.07) is 1.36. The number of amides is 1. The molecular weight excluding hydrogens is 256 g/mol. The third-order valence-corrected chi connectivity index (χ3v) is 2.81. The Morgan fingerprint density at radius 3 is 2.50 bits per heavy atom. The molecule has 6 nitrogen and oxygen atoms in total. The number of likely N-dealkylation sites (N-methyl/N-ethyl adjacent to an activating group) is 1. The van der Waals surface area contributed by atoms with Crippen LogP contribution in [0.3, 0.4) is 0 Å². The lowest BCUT2D eigenvalue weighted by Crippen LogP contribution is -2.41. The molecule has 0 fully saturated rings. The molecule has 1 unspecified atom stereocenters. The maximum Gasteiger partial charge on any atom is 0.244 e. The van der Waals surface area contributed by atoms with Gasteiger partial charge in [-0.1, -0.05) is 0 Å². The predicted molar refractivity (Wildman–Crippen MR) is 78.8 cm³/mol. The van der Waals surface area contributed by atoms with Crippen LogP contribution in [0.4, 0.5) is 5.82 Å². The fourth-order valence-corrected chi connectivity index (χ4v) is 1.82. The van der Waals surface area contributed by atoms with E-state index in [1.165, 1.54) is 6.33 Å². The molecule has 0 aliphatic carbocycles. The fourth-order valence-electron chi connectivity index (χ4n) is 1.82. The Morgan fingerprint density at radius 2 is 1.95 bits per heavy atom. The van der Waals surface area contributed by atoms with Crippen molar-refractivity contribution in [3.8, 4) is 5.88 Å². The highest BCUT2D eigenvalue weighted by atomic mass is 16.5. The van der Waals surface area contributed by atoms with E-state index in [9.17, 15) is 4.79 Å². The monoisotopic (exact) mass is 280 g/mol. The number of nitrogens with zero attached hydrogens (tertiary/aromatic N) is 3. The first-order chi connectivity index (χ1) is 9.47. The van der Waals surface area contributed by atoms with Gasteiger partial charge in [0.25, 0.3) is 0 Å². The van der Waals surface area contributed by atoms with Gasteiger partial charge in [0, 0.05) is 19.2 Å².